The molecule has 0 spiro atoms. The Balaban J connectivity index is 1.55. The predicted octanol–water partition coefficient (Wildman–Crippen LogP) is 4.04. The summed E-state index contributed by atoms with van der Waals surface area (Å²) in [6, 6.07) is 18.0. The molecule has 1 fully saturated rings. The van der Waals surface area contributed by atoms with Gasteiger partial charge in [0, 0.05) is 18.0 Å². The third-order valence-electron chi connectivity index (χ3n) is 5.90. The van der Waals surface area contributed by atoms with Crippen molar-refractivity contribution in [3.63, 3.8) is 0 Å². The topological polar surface area (TPSA) is 38.8 Å². The average molecular weight is 365 g/mol. The average Bonchev–Trinajstić information content (AvgIpc) is 3.04. The maximum Gasteiger partial charge on any atom is 0.254 e. The molecule has 1 saturated heterocycles. The molecule has 4 atom stereocenters. The Labute approximate surface area is 161 Å². The minimum Gasteiger partial charge on any atom is -0.376 e. The first-order valence-electron chi connectivity index (χ1n) is 9.85. The summed E-state index contributed by atoms with van der Waals surface area (Å²) in [7, 11) is 0. The summed E-state index contributed by atoms with van der Waals surface area (Å²) in [6.45, 7) is 6.05. The summed E-state index contributed by atoms with van der Waals surface area (Å²) in [5.41, 5.74) is 3.05. The van der Waals surface area contributed by atoms with Crippen LogP contribution in [0.5, 0.6) is 0 Å². The smallest absolute Gasteiger partial charge is 0.254 e. The van der Waals surface area contributed by atoms with Gasteiger partial charge in [-0.1, -0.05) is 62.4 Å². The molecule has 142 valence electrons. The molecular weight excluding hydrogens is 338 g/mol. The van der Waals surface area contributed by atoms with Gasteiger partial charge in [-0.2, -0.15) is 0 Å². The molecule has 4 rings (SSSR count). The molecule has 0 saturated carbocycles. The van der Waals surface area contributed by atoms with Crippen LogP contribution >= 0.6 is 0 Å². The summed E-state index contributed by atoms with van der Waals surface area (Å²) in [5, 5.41) is 0. The number of amides is 1. The monoisotopic (exact) mass is 365 g/mol. The van der Waals surface area contributed by atoms with Crippen LogP contribution in [0.1, 0.15) is 41.8 Å². The van der Waals surface area contributed by atoms with Gasteiger partial charge in [-0.25, -0.2) is 0 Å². The van der Waals surface area contributed by atoms with Crippen LogP contribution in [-0.4, -0.2) is 35.7 Å². The first-order valence-corrected chi connectivity index (χ1v) is 9.85. The minimum absolute atomic E-state index is 0.0397. The highest BCUT2D eigenvalue weighted by Crippen LogP contribution is 2.34. The molecule has 2 aliphatic heterocycles. The molecule has 0 N–H and O–H groups in total. The molecule has 2 aromatic rings. The quantitative estimate of drug-likeness (QED) is 0.803. The van der Waals surface area contributed by atoms with Gasteiger partial charge in [0.1, 0.15) is 0 Å². The summed E-state index contributed by atoms with van der Waals surface area (Å²) in [6.07, 6.45) is 1.08. The second-order valence-corrected chi connectivity index (χ2v) is 7.56. The fourth-order valence-electron chi connectivity index (χ4n) is 4.36. The number of hydrogen-bond donors (Lipinski definition) is 0. The standard InChI is InChI=1S/C23H27NO3/c1-3-21-16(2)22(27-14-17-9-5-4-6-10-17)20(15-26-21)24-13-18-11-7-8-12-19(18)23(24)25/h4-12,16,20-22H,3,13-15H2,1-2H3/t16-,20+,21+,22-/m0/s1. The van der Waals surface area contributed by atoms with E-state index in [1.165, 1.54) is 0 Å². The largest absolute Gasteiger partial charge is 0.376 e. The zero-order valence-corrected chi connectivity index (χ0v) is 16.0. The molecule has 0 radical (unpaired) electrons. The van der Waals surface area contributed by atoms with E-state index in [1.807, 2.05) is 47.4 Å². The molecule has 1 amide bonds. The first kappa shape index (κ1) is 18.2. The van der Waals surface area contributed by atoms with Crippen LogP contribution < -0.4 is 0 Å². The van der Waals surface area contributed by atoms with Crippen molar-refractivity contribution in [1.82, 2.24) is 4.90 Å². The summed E-state index contributed by atoms with van der Waals surface area (Å²) >= 11 is 0. The molecule has 2 heterocycles. The lowest BCUT2D eigenvalue weighted by molar-refractivity contribution is -0.154. The van der Waals surface area contributed by atoms with Crippen molar-refractivity contribution in [3.8, 4) is 0 Å². The van der Waals surface area contributed by atoms with Gasteiger partial charge in [0.25, 0.3) is 5.91 Å². The van der Waals surface area contributed by atoms with E-state index in [0.717, 1.165) is 23.1 Å². The first-order chi connectivity index (χ1) is 13.2. The number of fused-ring (bicyclic) bond motifs is 1. The van der Waals surface area contributed by atoms with E-state index in [0.29, 0.717) is 19.8 Å². The normalized spacial score (nSPS) is 27.6. The van der Waals surface area contributed by atoms with Crippen molar-refractivity contribution in [2.75, 3.05) is 6.61 Å². The van der Waals surface area contributed by atoms with E-state index in [-0.39, 0.29) is 30.1 Å². The van der Waals surface area contributed by atoms with Crippen LogP contribution in [0, 0.1) is 5.92 Å². The van der Waals surface area contributed by atoms with E-state index in [4.69, 9.17) is 9.47 Å². The van der Waals surface area contributed by atoms with Crippen molar-refractivity contribution in [2.45, 2.75) is 51.7 Å². The van der Waals surface area contributed by atoms with Gasteiger partial charge in [0.05, 0.1) is 31.5 Å². The van der Waals surface area contributed by atoms with Crippen molar-refractivity contribution in [3.05, 3.63) is 71.3 Å². The van der Waals surface area contributed by atoms with Crippen molar-refractivity contribution in [1.29, 1.82) is 0 Å². The van der Waals surface area contributed by atoms with Crippen LogP contribution in [0.15, 0.2) is 54.6 Å². The number of nitrogens with zero attached hydrogens (tertiary/aromatic N) is 1. The van der Waals surface area contributed by atoms with E-state index in [1.54, 1.807) is 0 Å². The highest BCUT2D eigenvalue weighted by Gasteiger charge is 2.44. The molecule has 27 heavy (non-hydrogen) atoms. The molecule has 0 bridgehead atoms. The van der Waals surface area contributed by atoms with E-state index >= 15 is 0 Å². The van der Waals surface area contributed by atoms with Gasteiger partial charge >= 0.3 is 0 Å². The lowest BCUT2D eigenvalue weighted by Crippen LogP contribution is -2.56. The Morgan fingerprint density at radius 3 is 2.59 bits per heavy atom. The van der Waals surface area contributed by atoms with Gasteiger partial charge in [0.2, 0.25) is 0 Å². The van der Waals surface area contributed by atoms with Crippen LogP contribution in [0.4, 0.5) is 0 Å². The number of benzene rings is 2. The SMILES string of the molecule is CC[C@H]1OC[C@@H](N2Cc3ccccc3C2=O)[C@@H](OCc2ccccc2)[C@H]1C. The van der Waals surface area contributed by atoms with E-state index in [2.05, 4.69) is 26.0 Å². The Bertz CT molecular complexity index is 791. The molecule has 0 aliphatic carbocycles. The number of carbonyl (C=O) groups is 1. The number of hydrogen-bond acceptors (Lipinski definition) is 3. The molecule has 0 aromatic heterocycles. The third-order valence-corrected chi connectivity index (χ3v) is 5.90. The second kappa shape index (κ2) is 7.83. The van der Waals surface area contributed by atoms with Crippen LogP contribution in [0.3, 0.4) is 0 Å². The molecule has 4 heteroatoms. The van der Waals surface area contributed by atoms with Crippen molar-refractivity contribution < 1.29 is 14.3 Å². The maximum absolute atomic E-state index is 13.0. The van der Waals surface area contributed by atoms with Crippen molar-refractivity contribution in [2.24, 2.45) is 5.92 Å². The van der Waals surface area contributed by atoms with E-state index in [9.17, 15) is 4.79 Å². The van der Waals surface area contributed by atoms with Gasteiger partial charge in [-0.05, 0) is 23.6 Å². The van der Waals surface area contributed by atoms with E-state index < -0.39 is 0 Å². The van der Waals surface area contributed by atoms with Gasteiger partial charge in [0.15, 0.2) is 0 Å². The fraction of sp³-hybridized carbons (Fsp3) is 0.435. The molecule has 2 aliphatic rings. The lowest BCUT2D eigenvalue weighted by Gasteiger charge is -2.44. The Hall–Kier alpha value is -2.17. The van der Waals surface area contributed by atoms with Gasteiger partial charge in [-0.3, -0.25) is 4.79 Å². The Morgan fingerprint density at radius 2 is 1.85 bits per heavy atom. The minimum atomic E-state index is -0.0635. The fourth-order valence-corrected chi connectivity index (χ4v) is 4.36. The molecule has 4 nitrogen and oxygen atoms in total. The highest BCUT2D eigenvalue weighted by atomic mass is 16.5. The lowest BCUT2D eigenvalue weighted by atomic mass is 9.87. The predicted molar refractivity (Wildman–Crippen MR) is 104 cm³/mol. The summed E-state index contributed by atoms with van der Waals surface area (Å²) in [4.78, 5) is 14.9. The van der Waals surface area contributed by atoms with Crippen molar-refractivity contribution >= 4 is 5.91 Å². The summed E-state index contributed by atoms with van der Waals surface area (Å²) < 4.78 is 12.5. The number of ether oxygens (including phenoxy) is 2. The Morgan fingerprint density at radius 1 is 1.11 bits per heavy atom. The molecule has 2 aromatic carbocycles. The molecule has 0 unspecified atom stereocenters. The highest BCUT2D eigenvalue weighted by molar-refractivity contribution is 5.98. The van der Waals surface area contributed by atoms with Crippen LogP contribution in [0.25, 0.3) is 0 Å². The molecular formula is C23H27NO3. The van der Waals surface area contributed by atoms with Crippen LogP contribution in [0.2, 0.25) is 0 Å². The van der Waals surface area contributed by atoms with Crippen LogP contribution in [-0.2, 0) is 22.6 Å². The third kappa shape index (κ3) is 3.52. The zero-order valence-electron chi connectivity index (χ0n) is 16.0. The number of carbonyl (C=O) groups excluding carboxylic acids is 1. The Kier molecular flexibility index (Phi) is 5.28. The maximum atomic E-state index is 13.0. The van der Waals surface area contributed by atoms with Gasteiger partial charge in [-0.15, -0.1) is 0 Å². The van der Waals surface area contributed by atoms with Gasteiger partial charge < -0.3 is 14.4 Å². The zero-order chi connectivity index (χ0) is 18.8. The summed E-state index contributed by atoms with van der Waals surface area (Å²) in [5.74, 6) is 0.323. The number of rotatable bonds is 5. The second-order valence-electron chi connectivity index (χ2n) is 7.56.